The summed E-state index contributed by atoms with van der Waals surface area (Å²) in [5.41, 5.74) is 0. The molecule has 0 saturated heterocycles. The van der Waals surface area contributed by atoms with Crippen LogP contribution < -0.4 is 4.72 Å². The molecule has 0 aromatic carbocycles. The molecular formula is C13H17N3O3S2. The minimum absolute atomic E-state index is 0.0603. The molecule has 1 N–H and O–H groups in total. The first-order chi connectivity index (χ1) is 9.95. The van der Waals surface area contributed by atoms with Crippen LogP contribution >= 0.6 is 11.3 Å². The van der Waals surface area contributed by atoms with Gasteiger partial charge < -0.3 is 4.52 Å². The zero-order chi connectivity index (χ0) is 15.0. The molecule has 0 radical (unpaired) electrons. The van der Waals surface area contributed by atoms with Crippen molar-refractivity contribution < 1.29 is 12.9 Å². The Labute approximate surface area is 127 Å². The summed E-state index contributed by atoms with van der Waals surface area (Å²) in [7, 11) is -3.48. The highest BCUT2D eigenvalue weighted by molar-refractivity contribution is 7.89. The number of nitrogens with zero attached hydrogens (tertiary/aromatic N) is 2. The molecule has 0 amide bonds. The van der Waals surface area contributed by atoms with E-state index in [1.807, 2.05) is 0 Å². The molecule has 6 nitrogen and oxygen atoms in total. The van der Waals surface area contributed by atoms with Gasteiger partial charge in [0.15, 0.2) is 0 Å². The summed E-state index contributed by atoms with van der Waals surface area (Å²) in [6.45, 7) is 3.50. The van der Waals surface area contributed by atoms with E-state index in [0.29, 0.717) is 21.5 Å². The molecule has 1 saturated carbocycles. The summed E-state index contributed by atoms with van der Waals surface area (Å²) in [5.74, 6) is 0.896. The Kier molecular flexibility index (Phi) is 3.85. The van der Waals surface area contributed by atoms with Gasteiger partial charge >= 0.3 is 0 Å². The van der Waals surface area contributed by atoms with Gasteiger partial charge in [-0.05, 0) is 25.8 Å². The van der Waals surface area contributed by atoms with Crippen molar-refractivity contribution >= 4 is 21.4 Å². The number of aryl methyl sites for hydroxylation is 2. The summed E-state index contributed by atoms with van der Waals surface area (Å²) in [6.07, 6.45) is 4.00. The van der Waals surface area contributed by atoms with E-state index in [9.17, 15) is 8.42 Å². The van der Waals surface area contributed by atoms with Gasteiger partial charge in [-0.1, -0.05) is 18.0 Å². The maximum absolute atomic E-state index is 12.5. The van der Waals surface area contributed by atoms with Crippen LogP contribution in [0.4, 0.5) is 0 Å². The highest BCUT2D eigenvalue weighted by Crippen LogP contribution is 2.32. The molecule has 2 aromatic rings. The first-order valence-electron chi connectivity index (χ1n) is 6.89. The minimum Gasteiger partial charge on any atom is -0.339 e. The van der Waals surface area contributed by atoms with Crippen molar-refractivity contribution in [1.82, 2.24) is 14.9 Å². The van der Waals surface area contributed by atoms with E-state index in [2.05, 4.69) is 14.9 Å². The zero-order valence-corrected chi connectivity index (χ0v) is 13.6. The Morgan fingerprint density at radius 2 is 2.05 bits per heavy atom. The van der Waals surface area contributed by atoms with E-state index >= 15 is 0 Å². The van der Waals surface area contributed by atoms with Crippen LogP contribution in [0.5, 0.6) is 0 Å². The molecule has 0 unspecified atom stereocenters. The van der Waals surface area contributed by atoms with Crippen molar-refractivity contribution in [2.24, 2.45) is 0 Å². The Balaban J connectivity index is 1.89. The molecule has 0 bridgehead atoms. The maximum Gasteiger partial charge on any atom is 0.241 e. The fourth-order valence-corrected chi connectivity index (χ4v) is 5.39. The van der Waals surface area contributed by atoms with Crippen molar-refractivity contribution in [3.8, 4) is 10.7 Å². The van der Waals surface area contributed by atoms with Crippen LogP contribution in [0.3, 0.4) is 0 Å². The van der Waals surface area contributed by atoms with Gasteiger partial charge in [0, 0.05) is 17.8 Å². The lowest BCUT2D eigenvalue weighted by Gasteiger charge is -2.11. The summed E-state index contributed by atoms with van der Waals surface area (Å²) in [4.78, 5) is 5.89. The Morgan fingerprint density at radius 1 is 1.33 bits per heavy atom. The molecule has 2 heterocycles. The number of hydrogen-bond donors (Lipinski definition) is 1. The predicted molar refractivity (Wildman–Crippen MR) is 79.7 cm³/mol. The van der Waals surface area contributed by atoms with E-state index in [1.165, 1.54) is 11.3 Å². The molecule has 1 aliphatic carbocycles. The highest BCUT2D eigenvalue weighted by Gasteiger charge is 2.26. The van der Waals surface area contributed by atoms with E-state index in [4.69, 9.17) is 4.52 Å². The second kappa shape index (κ2) is 5.51. The van der Waals surface area contributed by atoms with Crippen molar-refractivity contribution in [2.75, 3.05) is 0 Å². The van der Waals surface area contributed by atoms with Crippen LogP contribution in [0.1, 0.15) is 36.5 Å². The number of nitrogens with one attached hydrogen (secondary N) is 1. The van der Waals surface area contributed by atoms with Gasteiger partial charge in [-0.25, -0.2) is 13.1 Å². The van der Waals surface area contributed by atoms with E-state index in [-0.39, 0.29) is 6.04 Å². The third-order valence-corrected chi connectivity index (χ3v) is 6.41. The van der Waals surface area contributed by atoms with Crippen molar-refractivity contribution in [2.45, 2.75) is 50.5 Å². The smallest absolute Gasteiger partial charge is 0.241 e. The topological polar surface area (TPSA) is 85.1 Å². The molecule has 8 heteroatoms. The lowest BCUT2D eigenvalue weighted by Crippen LogP contribution is -2.32. The van der Waals surface area contributed by atoms with Crippen LogP contribution in [0.2, 0.25) is 0 Å². The van der Waals surface area contributed by atoms with E-state index in [0.717, 1.165) is 30.6 Å². The normalized spacial score (nSPS) is 16.7. The third kappa shape index (κ3) is 3.02. The lowest BCUT2D eigenvalue weighted by atomic mass is 10.3. The van der Waals surface area contributed by atoms with Crippen LogP contribution in [0, 0.1) is 13.8 Å². The van der Waals surface area contributed by atoms with Gasteiger partial charge in [0.25, 0.3) is 0 Å². The van der Waals surface area contributed by atoms with Crippen molar-refractivity contribution in [3.05, 3.63) is 16.8 Å². The lowest BCUT2D eigenvalue weighted by molar-refractivity contribution is 0.394. The largest absolute Gasteiger partial charge is 0.339 e. The number of rotatable bonds is 4. The number of sulfonamides is 1. The second-order valence-electron chi connectivity index (χ2n) is 5.27. The fourth-order valence-electron chi connectivity index (χ4n) is 2.57. The van der Waals surface area contributed by atoms with E-state index in [1.54, 1.807) is 19.9 Å². The fraction of sp³-hybridized carbons (Fsp3) is 0.538. The monoisotopic (exact) mass is 327 g/mol. The first kappa shape index (κ1) is 14.7. The summed E-state index contributed by atoms with van der Waals surface area (Å²) in [6, 6.07) is 1.69. The highest BCUT2D eigenvalue weighted by atomic mass is 32.2. The Morgan fingerprint density at radius 3 is 2.67 bits per heavy atom. The molecule has 0 aliphatic heterocycles. The molecular weight excluding hydrogens is 310 g/mol. The average Bonchev–Trinajstić information content (AvgIpc) is 3.10. The Bertz CT molecular complexity index is 743. The zero-order valence-electron chi connectivity index (χ0n) is 11.9. The van der Waals surface area contributed by atoms with Gasteiger partial charge in [0.1, 0.15) is 0 Å². The summed E-state index contributed by atoms with van der Waals surface area (Å²) < 4.78 is 32.7. The van der Waals surface area contributed by atoms with Gasteiger partial charge in [0.2, 0.25) is 21.7 Å². The standard InChI is InChI=1S/C13H17N3O3S2/c1-8-12(21(17,18)16-10-5-3-4-6-10)7-11(20-8)13-14-9(2)19-15-13/h7,10,16H,3-6H2,1-2H3. The van der Waals surface area contributed by atoms with Crippen LogP contribution in [0.15, 0.2) is 15.5 Å². The van der Waals surface area contributed by atoms with E-state index < -0.39 is 10.0 Å². The number of hydrogen-bond acceptors (Lipinski definition) is 6. The summed E-state index contributed by atoms with van der Waals surface area (Å²) >= 11 is 1.36. The molecule has 0 spiro atoms. The van der Waals surface area contributed by atoms with Crippen LogP contribution in [-0.4, -0.2) is 24.6 Å². The average molecular weight is 327 g/mol. The van der Waals surface area contributed by atoms with Crippen molar-refractivity contribution in [3.63, 3.8) is 0 Å². The minimum atomic E-state index is -3.48. The molecule has 0 atom stereocenters. The van der Waals surface area contributed by atoms with Gasteiger partial charge in [-0.3, -0.25) is 0 Å². The molecule has 114 valence electrons. The number of aromatic nitrogens is 2. The van der Waals surface area contributed by atoms with Crippen molar-refractivity contribution in [1.29, 1.82) is 0 Å². The molecule has 3 rings (SSSR count). The molecule has 21 heavy (non-hydrogen) atoms. The van der Waals surface area contributed by atoms with Gasteiger partial charge in [-0.15, -0.1) is 11.3 Å². The predicted octanol–water partition coefficient (Wildman–Crippen LogP) is 2.64. The number of thiophene rings is 1. The molecule has 1 fully saturated rings. The van der Waals surface area contributed by atoms with Gasteiger partial charge in [0.05, 0.1) is 9.77 Å². The SMILES string of the molecule is Cc1nc(-c2cc(S(=O)(=O)NC3CCCC3)c(C)s2)no1. The Hall–Kier alpha value is -1.25. The summed E-state index contributed by atoms with van der Waals surface area (Å²) in [5, 5.41) is 3.83. The second-order valence-corrected chi connectivity index (χ2v) is 8.21. The molecule has 1 aliphatic rings. The van der Waals surface area contributed by atoms with Crippen LogP contribution in [0.25, 0.3) is 10.7 Å². The quantitative estimate of drug-likeness (QED) is 0.933. The first-order valence-corrected chi connectivity index (χ1v) is 9.19. The molecule has 2 aromatic heterocycles. The third-order valence-electron chi connectivity index (χ3n) is 3.59. The maximum atomic E-state index is 12.5. The van der Waals surface area contributed by atoms with Crippen LogP contribution in [-0.2, 0) is 10.0 Å². The van der Waals surface area contributed by atoms with Gasteiger partial charge in [-0.2, -0.15) is 4.98 Å².